The van der Waals surface area contributed by atoms with Crippen LogP contribution in [0, 0.1) is 0 Å². The first-order chi connectivity index (χ1) is 10.7. The van der Waals surface area contributed by atoms with Crippen LogP contribution in [0.1, 0.15) is 17.4 Å². The molecule has 0 aliphatic carbocycles. The maximum absolute atomic E-state index is 12.6. The predicted octanol–water partition coefficient (Wildman–Crippen LogP) is 3.86. The van der Waals surface area contributed by atoms with E-state index in [9.17, 15) is 4.79 Å². The molecule has 116 valence electrons. The van der Waals surface area contributed by atoms with E-state index in [0.717, 1.165) is 30.1 Å². The molecule has 5 heteroatoms. The van der Waals surface area contributed by atoms with Gasteiger partial charge < -0.3 is 5.32 Å². The molecule has 3 nitrogen and oxygen atoms in total. The van der Waals surface area contributed by atoms with Gasteiger partial charge in [0.1, 0.15) is 0 Å². The van der Waals surface area contributed by atoms with Crippen LogP contribution in [0.3, 0.4) is 0 Å². The smallest absolute Gasteiger partial charge is 0.241 e. The molecule has 0 radical (unpaired) electrons. The Labute approximate surface area is 139 Å². The lowest BCUT2D eigenvalue weighted by molar-refractivity contribution is -0.121. The zero-order valence-corrected chi connectivity index (χ0v) is 14.5. The molecule has 3 rings (SSSR count). The Balaban J connectivity index is 1.68. The molecule has 1 amide bonds. The number of para-hydroxylation sites is 1. The Morgan fingerprint density at radius 1 is 1.36 bits per heavy atom. The average Bonchev–Trinajstić information content (AvgIpc) is 3.02. The molecule has 0 saturated carbocycles. The summed E-state index contributed by atoms with van der Waals surface area (Å²) in [5, 5.41) is 5.22. The maximum Gasteiger partial charge on any atom is 0.241 e. The monoisotopic (exact) mass is 332 g/mol. The SMILES string of the molecule is CSc1ccccc1NC(=O)[C@@H](C)N1CCc2sccc2C1. The third kappa shape index (κ3) is 3.21. The van der Waals surface area contributed by atoms with Crippen LogP contribution in [-0.4, -0.2) is 29.6 Å². The normalized spacial score (nSPS) is 16.1. The second-order valence-electron chi connectivity index (χ2n) is 5.45. The van der Waals surface area contributed by atoms with Crippen LogP contribution in [0.25, 0.3) is 0 Å². The van der Waals surface area contributed by atoms with E-state index in [1.165, 1.54) is 10.4 Å². The van der Waals surface area contributed by atoms with Crippen LogP contribution in [-0.2, 0) is 17.8 Å². The van der Waals surface area contributed by atoms with Crippen LogP contribution in [0.2, 0.25) is 0 Å². The Hall–Kier alpha value is -1.30. The molecular weight excluding hydrogens is 312 g/mol. The Kier molecular flexibility index (Phi) is 4.86. The fourth-order valence-electron chi connectivity index (χ4n) is 2.75. The van der Waals surface area contributed by atoms with E-state index in [4.69, 9.17) is 0 Å². The van der Waals surface area contributed by atoms with Gasteiger partial charge in [0.25, 0.3) is 0 Å². The van der Waals surface area contributed by atoms with Gasteiger partial charge in [-0.2, -0.15) is 0 Å². The summed E-state index contributed by atoms with van der Waals surface area (Å²) in [4.78, 5) is 17.4. The number of benzene rings is 1. The molecule has 0 saturated heterocycles. The predicted molar refractivity (Wildman–Crippen MR) is 94.7 cm³/mol. The van der Waals surface area contributed by atoms with E-state index in [0.29, 0.717) is 0 Å². The Bertz CT molecular complexity index is 668. The molecule has 0 unspecified atom stereocenters. The molecule has 0 fully saturated rings. The first-order valence-electron chi connectivity index (χ1n) is 7.42. The molecule has 1 aliphatic heterocycles. The van der Waals surface area contributed by atoms with Gasteiger partial charge in [0.05, 0.1) is 11.7 Å². The van der Waals surface area contributed by atoms with Crippen LogP contribution < -0.4 is 5.32 Å². The molecule has 1 aromatic heterocycles. The molecule has 22 heavy (non-hydrogen) atoms. The van der Waals surface area contributed by atoms with Crippen molar-refractivity contribution in [3.8, 4) is 0 Å². The first kappa shape index (κ1) is 15.6. The topological polar surface area (TPSA) is 32.3 Å². The summed E-state index contributed by atoms with van der Waals surface area (Å²) in [6.45, 7) is 3.82. The fraction of sp³-hybridized carbons (Fsp3) is 0.353. The minimum absolute atomic E-state index is 0.0696. The summed E-state index contributed by atoms with van der Waals surface area (Å²) in [5.41, 5.74) is 2.28. The van der Waals surface area contributed by atoms with Crippen LogP contribution >= 0.6 is 23.1 Å². The van der Waals surface area contributed by atoms with Crippen LogP contribution in [0.4, 0.5) is 5.69 Å². The molecule has 1 atom stereocenters. The third-order valence-corrected chi connectivity index (χ3v) is 5.95. The lowest BCUT2D eigenvalue weighted by atomic mass is 10.1. The van der Waals surface area contributed by atoms with Crippen molar-refractivity contribution >= 4 is 34.7 Å². The van der Waals surface area contributed by atoms with Gasteiger partial charge in [-0.3, -0.25) is 9.69 Å². The number of nitrogens with one attached hydrogen (secondary N) is 1. The summed E-state index contributed by atoms with van der Waals surface area (Å²) in [6, 6.07) is 10.0. The summed E-state index contributed by atoms with van der Waals surface area (Å²) in [5.74, 6) is 0.0696. The standard InChI is InChI=1S/C17H20N2OS2/c1-12(19-9-7-15-13(11-19)8-10-22-15)17(20)18-14-5-3-4-6-16(14)21-2/h3-6,8,10,12H,7,9,11H2,1-2H3,(H,18,20)/t12-/m1/s1. The quantitative estimate of drug-likeness (QED) is 0.863. The Morgan fingerprint density at radius 3 is 3.00 bits per heavy atom. The van der Waals surface area contributed by atoms with Gasteiger partial charge in [-0.15, -0.1) is 23.1 Å². The highest BCUT2D eigenvalue weighted by molar-refractivity contribution is 7.98. The number of amides is 1. The number of hydrogen-bond acceptors (Lipinski definition) is 4. The lowest BCUT2D eigenvalue weighted by Crippen LogP contribution is -2.44. The maximum atomic E-state index is 12.6. The molecule has 1 N–H and O–H groups in total. The van der Waals surface area contributed by atoms with Crippen LogP contribution in [0.5, 0.6) is 0 Å². The van der Waals surface area contributed by atoms with E-state index < -0.39 is 0 Å². The number of carbonyl (C=O) groups excluding carboxylic acids is 1. The van der Waals surface area contributed by atoms with Gasteiger partial charge in [0.2, 0.25) is 5.91 Å². The molecule has 1 aliphatic rings. The van der Waals surface area contributed by atoms with Crippen molar-refractivity contribution in [2.75, 3.05) is 18.1 Å². The zero-order chi connectivity index (χ0) is 15.5. The molecule has 0 bridgehead atoms. The minimum Gasteiger partial charge on any atom is -0.324 e. The van der Waals surface area contributed by atoms with Crippen molar-refractivity contribution in [3.63, 3.8) is 0 Å². The fourth-order valence-corrected chi connectivity index (χ4v) is 4.20. The van der Waals surface area contributed by atoms with Crippen LogP contribution in [0.15, 0.2) is 40.6 Å². The highest BCUT2D eigenvalue weighted by atomic mass is 32.2. The van der Waals surface area contributed by atoms with Gasteiger partial charge >= 0.3 is 0 Å². The summed E-state index contributed by atoms with van der Waals surface area (Å²) in [7, 11) is 0. The van der Waals surface area contributed by atoms with E-state index in [-0.39, 0.29) is 11.9 Å². The van der Waals surface area contributed by atoms with Crippen molar-refractivity contribution in [3.05, 3.63) is 46.2 Å². The number of hydrogen-bond donors (Lipinski definition) is 1. The van der Waals surface area contributed by atoms with E-state index in [1.807, 2.05) is 48.8 Å². The minimum atomic E-state index is -0.122. The van der Waals surface area contributed by atoms with E-state index in [1.54, 1.807) is 11.8 Å². The number of anilines is 1. The second-order valence-corrected chi connectivity index (χ2v) is 7.30. The Morgan fingerprint density at radius 2 is 2.18 bits per heavy atom. The zero-order valence-electron chi connectivity index (χ0n) is 12.8. The molecule has 2 heterocycles. The third-order valence-electron chi connectivity index (χ3n) is 4.13. The van der Waals surface area contributed by atoms with Gasteiger partial charge in [0, 0.05) is 22.9 Å². The van der Waals surface area contributed by atoms with E-state index in [2.05, 4.69) is 21.7 Å². The van der Waals surface area contributed by atoms with Gasteiger partial charge in [-0.1, -0.05) is 12.1 Å². The van der Waals surface area contributed by atoms with Crippen molar-refractivity contribution in [2.45, 2.75) is 30.8 Å². The second kappa shape index (κ2) is 6.86. The number of carbonyl (C=O) groups is 1. The molecule has 1 aromatic carbocycles. The van der Waals surface area contributed by atoms with Crippen molar-refractivity contribution in [1.82, 2.24) is 4.90 Å². The number of rotatable bonds is 4. The summed E-state index contributed by atoms with van der Waals surface area (Å²) < 4.78 is 0. The number of thiophene rings is 1. The highest BCUT2D eigenvalue weighted by Gasteiger charge is 2.26. The average molecular weight is 332 g/mol. The van der Waals surface area contributed by atoms with Crippen molar-refractivity contribution < 1.29 is 4.79 Å². The van der Waals surface area contributed by atoms with Gasteiger partial charge in [-0.25, -0.2) is 0 Å². The molecule has 0 spiro atoms. The highest BCUT2D eigenvalue weighted by Crippen LogP contribution is 2.27. The molecular formula is C17H20N2OS2. The lowest BCUT2D eigenvalue weighted by Gasteiger charge is -2.31. The number of fused-ring (bicyclic) bond motifs is 1. The summed E-state index contributed by atoms with van der Waals surface area (Å²) >= 11 is 3.47. The van der Waals surface area contributed by atoms with Crippen molar-refractivity contribution in [2.24, 2.45) is 0 Å². The largest absolute Gasteiger partial charge is 0.324 e. The number of thioether (sulfide) groups is 1. The van der Waals surface area contributed by atoms with Crippen molar-refractivity contribution in [1.29, 1.82) is 0 Å². The number of nitrogens with zero attached hydrogens (tertiary/aromatic N) is 1. The summed E-state index contributed by atoms with van der Waals surface area (Å²) in [6.07, 6.45) is 3.07. The van der Waals surface area contributed by atoms with Gasteiger partial charge in [0.15, 0.2) is 0 Å². The van der Waals surface area contributed by atoms with Gasteiger partial charge in [-0.05, 0) is 48.7 Å². The first-order valence-corrected chi connectivity index (χ1v) is 9.52. The molecule has 2 aromatic rings. The van der Waals surface area contributed by atoms with E-state index >= 15 is 0 Å².